The molecule has 2 unspecified atom stereocenters. The van der Waals surface area contributed by atoms with Gasteiger partial charge in [0, 0.05) is 0 Å². The first-order valence-electron chi connectivity index (χ1n) is 6.11. The fourth-order valence-corrected chi connectivity index (χ4v) is 3.08. The van der Waals surface area contributed by atoms with Crippen LogP contribution in [-0.4, -0.2) is 17.8 Å². The number of amides is 4. The van der Waals surface area contributed by atoms with Gasteiger partial charge in [-0.2, -0.15) is 0 Å². The zero-order valence-electron chi connectivity index (χ0n) is 10.2. The fraction of sp³-hybridized carbons (Fsp3) is 0.750. The van der Waals surface area contributed by atoms with Crippen LogP contribution in [0.25, 0.3) is 0 Å². The van der Waals surface area contributed by atoms with Gasteiger partial charge < -0.3 is 0 Å². The van der Waals surface area contributed by atoms with E-state index >= 15 is 0 Å². The highest BCUT2D eigenvalue weighted by atomic mass is 16.2. The molecule has 4 amide bonds. The highest BCUT2D eigenvalue weighted by Crippen LogP contribution is 2.46. The molecule has 2 fully saturated rings. The third kappa shape index (κ3) is 1.94. The van der Waals surface area contributed by atoms with Gasteiger partial charge in [0.2, 0.25) is 11.8 Å². The molecule has 1 heterocycles. The Hall–Kier alpha value is -1.39. The van der Waals surface area contributed by atoms with Crippen LogP contribution in [0.1, 0.15) is 39.5 Å². The summed E-state index contributed by atoms with van der Waals surface area (Å²) in [5.41, 5.74) is -0.340. The van der Waals surface area contributed by atoms with E-state index in [2.05, 4.69) is 17.6 Å². The molecule has 5 heteroatoms. The summed E-state index contributed by atoms with van der Waals surface area (Å²) in [4.78, 5) is 34.8. The number of imide groups is 2. The molecule has 1 saturated carbocycles. The fourth-order valence-electron chi connectivity index (χ4n) is 3.08. The summed E-state index contributed by atoms with van der Waals surface area (Å²) >= 11 is 0. The van der Waals surface area contributed by atoms with Gasteiger partial charge in [0.05, 0.1) is 0 Å². The van der Waals surface area contributed by atoms with Crippen molar-refractivity contribution < 1.29 is 14.4 Å². The predicted molar refractivity (Wildman–Crippen MR) is 60.9 cm³/mol. The summed E-state index contributed by atoms with van der Waals surface area (Å²) in [6.07, 6.45) is 4.06. The molecule has 17 heavy (non-hydrogen) atoms. The number of carbonyl (C=O) groups excluding carboxylic acids is 3. The largest absolute Gasteiger partial charge is 0.328 e. The Morgan fingerprint density at radius 1 is 1.12 bits per heavy atom. The van der Waals surface area contributed by atoms with Gasteiger partial charge in [-0.1, -0.05) is 33.1 Å². The first kappa shape index (κ1) is 12.1. The molecular formula is C12H18N2O3. The van der Waals surface area contributed by atoms with E-state index in [1.807, 2.05) is 6.92 Å². The second kappa shape index (κ2) is 4.13. The zero-order valence-corrected chi connectivity index (χ0v) is 10.2. The van der Waals surface area contributed by atoms with Crippen LogP contribution < -0.4 is 10.6 Å². The van der Waals surface area contributed by atoms with Gasteiger partial charge in [0.25, 0.3) is 0 Å². The predicted octanol–water partition coefficient (Wildman–Crippen LogP) is 1.18. The molecule has 0 aromatic rings. The van der Waals surface area contributed by atoms with E-state index in [-0.39, 0.29) is 5.41 Å². The minimum Gasteiger partial charge on any atom is -0.277 e. The highest BCUT2D eigenvalue weighted by Gasteiger charge is 2.50. The van der Waals surface area contributed by atoms with E-state index in [1.54, 1.807) is 0 Å². The number of hydrogen-bond donors (Lipinski definition) is 2. The van der Waals surface area contributed by atoms with Crippen LogP contribution in [-0.2, 0) is 9.59 Å². The van der Waals surface area contributed by atoms with Crippen molar-refractivity contribution >= 4 is 17.8 Å². The summed E-state index contributed by atoms with van der Waals surface area (Å²) in [5, 5.41) is 4.39. The van der Waals surface area contributed by atoms with Crippen LogP contribution in [0.5, 0.6) is 0 Å². The number of carbonyl (C=O) groups is 3. The maximum atomic E-state index is 11.9. The molecule has 2 rings (SSSR count). The number of rotatable bonds is 1. The third-order valence-electron chi connectivity index (χ3n) is 4.39. The standard InChI is InChI=1S/C12H18N2O3/c1-7-5-3-4-6-12(7,2)8-9(15)13-11(17)14-10(8)16/h7-8H,3-6H2,1-2H3,(H2,13,14,15,16,17). The number of nitrogens with one attached hydrogen (secondary N) is 2. The molecular weight excluding hydrogens is 220 g/mol. The molecule has 1 saturated heterocycles. The number of urea groups is 1. The van der Waals surface area contributed by atoms with E-state index in [1.165, 1.54) is 0 Å². The van der Waals surface area contributed by atoms with E-state index in [9.17, 15) is 14.4 Å². The van der Waals surface area contributed by atoms with Gasteiger partial charge in [0.1, 0.15) is 5.92 Å². The lowest BCUT2D eigenvalue weighted by Gasteiger charge is -2.44. The lowest BCUT2D eigenvalue weighted by molar-refractivity contribution is -0.144. The van der Waals surface area contributed by atoms with E-state index in [0.29, 0.717) is 5.92 Å². The summed E-state index contributed by atoms with van der Waals surface area (Å²) in [7, 11) is 0. The van der Waals surface area contributed by atoms with Gasteiger partial charge in [-0.25, -0.2) is 4.79 Å². The summed E-state index contributed by atoms with van der Waals surface area (Å²) in [6, 6.07) is -0.705. The lowest BCUT2D eigenvalue weighted by Crippen LogP contribution is -2.61. The van der Waals surface area contributed by atoms with Crippen molar-refractivity contribution in [3.63, 3.8) is 0 Å². The Labute approximate surface area is 100 Å². The van der Waals surface area contributed by atoms with Crippen molar-refractivity contribution in [1.82, 2.24) is 10.6 Å². The minimum atomic E-state index is -0.740. The van der Waals surface area contributed by atoms with Crippen LogP contribution in [0.2, 0.25) is 0 Å². The van der Waals surface area contributed by atoms with Crippen molar-refractivity contribution in [2.75, 3.05) is 0 Å². The van der Waals surface area contributed by atoms with Crippen molar-refractivity contribution in [1.29, 1.82) is 0 Å². The third-order valence-corrected chi connectivity index (χ3v) is 4.39. The molecule has 0 spiro atoms. The Balaban J connectivity index is 2.28. The molecule has 2 aliphatic rings. The average Bonchev–Trinajstić information content (AvgIpc) is 2.21. The van der Waals surface area contributed by atoms with Crippen molar-refractivity contribution in [3.8, 4) is 0 Å². The maximum Gasteiger partial charge on any atom is 0.328 e. The summed E-state index contributed by atoms with van der Waals surface area (Å²) < 4.78 is 0. The normalized spacial score (nSPS) is 35.4. The van der Waals surface area contributed by atoms with Crippen molar-refractivity contribution in [3.05, 3.63) is 0 Å². The van der Waals surface area contributed by atoms with Crippen molar-refractivity contribution in [2.45, 2.75) is 39.5 Å². The summed E-state index contributed by atoms with van der Waals surface area (Å²) in [6.45, 7) is 4.06. The Kier molecular flexibility index (Phi) is 2.93. The minimum absolute atomic E-state index is 0.311. The molecule has 0 aromatic heterocycles. The SMILES string of the molecule is CC1CCCCC1(C)C1C(=O)NC(=O)NC1=O. The van der Waals surface area contributed by atoms with E-state index < -0.39 is 23.8 Å². The van der Waals surface area contributed by atoms with Crippen LogP contribution in [0.4, 0.5) is 4.79 Å². The van der Waals surface area contributed by atoms with Gasteiger partial charge in [0.15, 0.2) is 0 Å². The van der Waals surface area contributed by atoms with E-state index in [0.717, 1.165) is 25.7 Å². The Morgan fingerprint density at radius 2 is 1.71 bits per heavy atom. The topological polar surface area (TPSA) is 75.3 Å². The van der Waals surface area contributed by atoms with E-state index in [4.69, 9.17) is 0 Å². The van der Waals surface area contributed by atoms with Crippen molar-refractivity contribution in [2.24, 2.45) is 17.3 Å². The highest BCUT2D eigenvalue weighted by molar-refractivity contribution is 6.16. The van der Waals surface area contributed by atoms with Crippen LogP contribution >= 0.6 is 0 Å². The molecule has 2 N–H and O–H groups in total. The Morgan fingerprint density at radius 3 is 2.24 bits per heavy atom. The van der Waals surface area contributed by atoms with Gasteiger partial charge in [-0.3, -0.25) is 20.2 Å². The number of barbiturate groups is 1. The first-order valence-corrected chi connectivity index (χ1v) is 6.11. The lowest BCUT2D eigenvalue weighted by atomic mass is 9.60. The first-order chi connectivity index (χ1) is 7.95. The van der Waals surface area contributed by atoms with Gasteiger partial charge >= 0.3 is 6.03 Å². The molecule has 0 aromatic carbocycles. The average molecular weight is 238 g/mol. The monoisotopic (exact) mass is 238 g/mol. The Bertz CT molecular complexity index is 360. The van der Waals surface area contributed by atoms with Gasteiger partial charge in [-0.05, 0) is 17.8 Å². The molecule has 1 aliphatic carbocycles. The van der Waals surface area contributed by atoms with Crippen LogP contribution in [0, 0.1) is 17.3 Å². The van der Waals surface area contributed by atoms with Crippen LogP contribution in [0.15, 0.2) is 0 Å². The zero-order chi connectivity index (χ0) is 12.6. The second-order valence-electron chi connectivity index (χ2n) is 5.39. The van der Waals surface area contributed by atoms with Crippen LogP contribution in [0.3, 0.4) is 0 Å². The molecule has 94 valence electrons. The quantitative estimate of drug-likeness (QED) is 0.674. The summed E-state index contributed by atoms with van der Waals surface area (Å²) in [5.74, 6) is -1.33. The number of hydrogen-bond acceptors (Lipinski definition) is 3. The smallest absolute Gasteiger partial charge is 0.277 e. The molecule has 0 radical (unpaired) electrons. The molecule has 5 nitrogen and oxygen atoms in total. The molecule has 0 bridgehead atoms. The van der Waals surface area contributed by atoms with Gasteiger partial charge in [-0.15, -0.1) is 0 Å². The molecule has 1 aliphatic heterocycles. The second-order valence-corrected chi connectivity index (χ2v) is 5.39. The molecule has 2 atom stereocenters. The maximum absolute atomic E-state index is 11.9.